The van der Waals surface area contributed by atoms with Crippen LogP contribution in [-0.4, -0.2) is 120 Å². The number of hydrogen-bond donors (Lipinski definition) is 10. The number of imidazole rings is 3. The smallest absolute Gasteiger partial charge is 0.292 e. The van der Waals surface area contributed by atoms with Crippen molar-refractivity contribution in [3.63, 3.8) is 0 Å². The summed E-state index contributed by atoms with van der Waals surface area (Å²) in [5.41, 5.74) is 9.30. The molecule has 0 aliphatic heterocycles. The van der Waals surface area contributed by atoms with Crippen LogP contribution in [0.1, 0.15) is 69.7 Å². The molecule has 11 N–H and O–H groups in total. The summed E-state index contributed by atoms with van der Waals surface area (Å²) in [5.74, 6) is -3.42. The van der Waals surface area contributed by atoms with Gasteiger partial charge in [-0.1, -0.05) is 6.07 Å². The van der Waals surface area contributed by atoms with Crippen LogP contribution >= 0.6 is 0 Å². The fourth-order valence-electron chi connectivity index (χ4n) is 8.71. The van der Waals surface area contributed by atoms with Crippen LogP contribution < -0.4 is 53.6 Å². The molecule has 9 rings (SSSR count). The lowest BCUT2D eigenvalue weighted by molar-refractivity contribution is -0.118. The molecule has 8 aromatic heterocycles. The highest BCUT2D eigenvalue weighted by atomic mass is 16.2. The van der Waals surface area contributed by atoms with Gasteiger partial charge in [-0.3, -0.25) is 48.8 Å². The van der Waals surface area contributed by atoms with Crippen LogP contribution in [0.3, 0.4) is 0 Å². The number of nitrogens with zero attached hydrogens (tertiary/aromatic N) is 11. The number of nitrogens with two attached hydrogens (primary N) is 1. The Hall–Kier alpha value is -10.5. The van der Waals surface area contributed by atoms with Gasteiger partial charge in [0, 0.05) is 121 Å². The first-order chi connectivity index (χ1) is 37.9. The van der Waals surface area contributed by atoms with Crippen molar-refractivity contribution in [2.45, 2.75) is 12.5 Å². The van der Waals surface area contributed by atoms with Crippen LogP contribution in [0.4, 0.5) is 34.4 Å². The van der Waals surface area contributed by atoms with E-state index in [4.69, 9.17) is 5.73 Å². The third-order valence-electron chi connectivity index (χ3n) is 12.5. The van der Waals surface area contributed by atoms with Crippen molar-refractivity contribution in [1.29, 1.82) is 0 Å². The highest BCUT2D eigenvalue weighted by Crippen LogP contribution is 2.29. The van der Waals surface area contributed by atoms with Gasteiger partial charge in [0.2, 0.25) is 17.6 Å². The number of rotatable bonds is 20. The van der Waals surface area contributed by atoms with Crippen molar-refractivity contribution in [3.05, 3.63) is 139 Å². The van der Waals surface area contributed by atoms with E-state index in [1.54, 1.807) is 84.0 Å². The fraction of sp³-hybridized carbons (Fsp3) is 0.216. The zero-order valence-electron chi connectivity index (χ0n) is 43.6. The minimum Gasteiger partial charge on any atom is -0.372 e. The summed E-state index contributed by atoms with van der Waals surface area (Å²) in [5, 5.41) is 27.4. The number of fused-ring (bicyclic) bond motifs is 3. The van der Waals surface area contributed by atoms with E-state index < -0.39 is 47.4 Å². The summed E-state index contributed by atoms with van der Waals surface area (Å²) < 4.78 is 9.02. The van der Waals surface area contributed by atoms with Gasteiger partial charge in [-0.25, -0.2) is 15.0 Å². The molecular formula is C51H55N21O7. The SMILES string of the molecule is Cn1cc(NC(=O)c2cc(NC(=O)c3cc(NC(=O)C(CCNC(=O)c4nc(NC(=O)c5nc(NC(=O)c6nccn6C)cn5C)cn4C)NCNc4cc5cccnc5c5ncccc45)cn3C)cn2C)cc1C(=O)NCN. The average Bonchev–Trinajstić information content (AvgIpc) is 4.41. The molecule has 28 heteroatoms. The Labute approximate surface area is 449 Å². The molecule has 9 aromatic rings. The molecule has 0 bridgehead atoms. The summed E-state index contributed by atoms with van der Waals surface area (Å²) in [6.45, 7) is 0.0339. The van der Waals surface area contributed by atoms with E-state index >= 15 is 0 Å². The minimum atomic E-state index is -0.927. The second-order valence-electron chi connectivity index (χ2n) is 18.2. The van der Waals surface area contributed by atoms with Gasteiger partial charge in [0.1, 0.15) is 17.1 Å². The third kappa shape index (κ3) is 11.8. The minimum absolute atomic E-state index is 0.00905. The normalized spacial score (nSPS) is 11.5. The van der Waals surface area contributed by atoms with Gasteiger partial charge in [0.15, 0.2) is 17.5 Å². The molecule has 0 fully saturated rings. The Morgan fingerprint density at radius 2 is 1.08 bits per heavy atom. The van der Waals surface area contributed by atoms with Crippen LogP contribution in [0, 0.1) is 0 Å². The standard InChI is InChI=1S/C51H55N21O7/c1-67-16-15-55-42(67)50(78)65-39-25-72(6)44(64-39)51(79)66-38-24-71(5)43(63-38)49(77)56-14-11-33(58-27-59-34-17-28-9-7-12-53-40(28)41-32(34)10-8-13-54-41)45(73)60-29-19-36(69(3)21-29)47(75)62-31-20-37(70(4)23-31)48(76)61-30-18-35(68(2)22-30)46(74)57-26-52/h7-10,12-13,15-25,33,58-59H,11,14,26-27,52H2,1-6H3,(H,56,77)(H,57,74)(H,60,73)(H,61,76)(H,62,75)(H,65,78)(H,66,79). The van der Waals surface area contributed by atoms with Crippen molar-refractivity contribution in [3.8, 4) is 0 Å². The molecule has 0 spiro atoms. The second-order valence-corrected chi connectivity index (χ2v) is 18.2. The molecule has 7 amide bonds. The number of aromatic nitrogens is 11. The van der Waals surface area contributed by atoms with Crippen molar-refractivity contribution >= 4 is 97.5 Å². The Morgan fingerprint density at radius 3 is 1.66 bits per heavy atom. The average molecular weight is 1070 g/mol. The summed E-state index contributed by atoms with van der Waals surface area (Å²) in [6.07, 6.45) is 14.2. The Kier molecular flexibility index (Phi) is 15.4. The molecule has 8 heterocycles. The van der Waals surface area contributed by atoms with Crippen LogP contribution in [-0.2, 0) is 47.1 Å². The molecule has 79 heavy (non-hydrogen) atoms. The first-order valence-corrected chi connectivity index (χ1v) is 24.4. The number of aryl methyl sites for hydroxylation is 6. The number of anilines is 6. The molecule has 0 aliphatic carbocycles. The van der Waals surface area contributed by atoms with Crippen LogP contribution in [0.15, 0.2) is 104 Å². The van der Waals surface area contributed by atoms with Gasteiger partial charge in [0.25, 0.3) is 35.4 Å². The van der Waals surface area contributed by atoms with Crippen LogP contribution in [0.2, 0.25) is 0 Å². The van der Waals surface area contributed by atoms with E-state index in [0.717, 1.165) is 22.0 Å². The van der Waals surface area contributed by atoms with E-state index in [9.17, 15) is 33.6 Å². The molecule has 1 atom stereocenters. The van der Waals surface area contributed by atoms with Crippen molar-refractivity contribution < 1.29 is 33.6 Å². The molecule has 0 saturated heterocycles. The lowest BCUT2D eigenvalue weighted by atomic mass is 10.1. The van der Waals surface area contributed by atoms with Crippen molar-refractivity contribution in [2.75, 3.05) is 51.8 Å². The van der Waals surface area contributed by atoms with Crippen molar-refractivity contribution in [1.82, 2.24) is 68.3 Å². The number of pyridine rings is 2. The second kappa shape index (κ2) is 22.8. The molecule has 406 valence electrons. The number of carbonyl (C=O) groups excluding carboxylic acids is 7. The number of carbonyl (C=O) groups is 7. The molecule has 0 radical (unpaired) electrons. The lowest BCUT2D eigenvalue weighted by Crippen LogP contribution is -2.45. The predicted octanol–water partition coefficient (Wildman–Crippen LogP) is 2.44. The largest absolute Gasteiger partial charge is 0.372 e. The maximum atomic E-state index is 14.2. The first kappa shape index (κ1) is 53.3. The van der Waals surface area contributed by atoms with E-state index in [1.165, 1.54) is 59.6 Å². The number of benzene rings is 1. The maximum absolute atomic E-state index is 14.2. The van der Waals surface area contributed by atoms with Crippen LogP contribution in [0.25, 0.3) is 21.8 Å². The number of nitrogens with one attached hydrogen (secondary N) is 9. The molecule has 1 unspecified atom stereocenters. The first-order valence-electron chi connectivity index (χ1n) is 24.4. The summed E-state index contributed by atoms with van der Waals surface area (Å²) in [7, 11) is 9.77. The lowest BCUT2D eigenvalue weighted by Gasteiger charge is -2.20. The zero-order valence-corrected chi connectivity index (χ0v) is 43.6. The molecule has 1 aromatic carbocycles. The maximum Gasteiger partial charge on any atom is 0.292 e. The van der Waals surface area contributed by atoms with E-state index in [2.05, 4.69) is 72.8 Å². The summed E-state index contributed by atoms with van der Waals surface area (Å²) in [4.78, 5) is 115. The number of hydrogen-bond acceptors (Lipinski definition) is 15. The van der Waals surface area contributed by atoms with Gasteiger partial charge in [-0.05, 0) is 48.9 Å². The van der Waals surface area contributed by atoms with Gasteiger partial charge >= 0.3 is 0 Å². The quantitative estimate of drug-likeness (QED) is 0.0387. The van der Waals surface area contributed by atoms with Crippen LogP contribution in [0.5, 0.6) is 0 Å². The van der Waals surface area contributed by atoms with E-state index in [0.29, 0.717) is 28.3 Å². The Morgan fingerprint density at radius 1 is 0.532 bits per heavy atom. The van der Waals surface area contributed by atoms with E-state index in [1.807, 2.05) is 30.3 Å². The van der Waals surface area contributed by atoms with E-state index in [-0.39, 0.29) is 66.8 Å². The Balaban J connectivity index is 0.852. The zero-order chi connectivity index (χ0) is 56.1. The van der Waals surface area contributed by atoms with Gasteiger partial charge in [-0.15, -0.1) is 0 Å². The topological polar surface area (TPSA) is 348 Å². The number of amides is 7. The molecule has 28 nitrogen and oxygen atoms in total. The molecule has 0 saturated carbocycles. The van der Waals surface area contributed by atoms with Gasteiger partial charge in [-0.2, -0.15) is 0 Å². The fourth-order valence-corrected chi connectivity index (χ4v) is 8.71. The highest BCUT2D eigenvalue weighted by Gasteiger charge is 2.25. The van der Waals surface area contributed by atoms with Crippen molar-refractivity contribution in [2.24, 2.45) is 48.0 Å². The summed E-state index contributed by atoms with van der Waals surface area (Å²) in [6, 6.07) is 13.0. The van der Waals surface area contributed by atoms with Gasteiger partial charge in [0.05, 0.1) is 47.5 Å². The Bertz CT molecular complexity index is 3840. The predicted molar refractivity (Wildman–Crippen MR) is 292 cm³/mol. The molecule has 0 aliphatic rings. The molecular weight excluding hydrogens is 1020 g/mol. The third-order valence-corrected chi connectivity index (χ3v) is 12.5. The van der Waals surface area contributed by atoms with Gasteiger partial charge < -0.3 is 75.7 Å². The summed E-state index contributed by atoms with van der Waals surface area (Å²) >= 11 is 0. The highest BCUT2D eigenvalue weighted by molar-refractivity contribution is 6.10. The monoisotopic (exact) mass is 1070 g/mol.